The lowest BCUT2D eigenvalue weighted by atomic mass is 9.88. The maximum atomic E-state index is 13.1. The summed E-state index contributed by atoms with van der Waals surface area (Å²) in [6.45, 7) is 0. The Labute approximate surface area is 156 Å². The summed E-state index contributed by atoms with van der Waals surface area (Å²) in [6.07, 6.45) is 0. The second-order valence-electron chi connectivity index (χ2n) is 6.01. The number of ether oxygens (including phenoxy) is 3. The summed E-state index contributed by atoms with van der Waals surface area (Å²) in [4.78, 5) is 13.1. The summed E-state index contributed by atoms with van der Waals surface area (Å²) in [5.74, 6) is 0.793. The summed E-state index contributed by atoms with van der Waals surface area (Å²) >= 11 is 0. The average Bonchev–Trinajstić information content (AvgIpc) is 2.72. The molecule has 0 spiro atoms. The van der Waals surface area contributed by atoms with Gasteiger partial charge in [0.2, 0.25) is 0 Å². The van der Waals surface area contributed by atoms with Gasteiger partial charge in [-0.3, -0.25) is 4.79 Å². The highest BCUT2D eigenvalue weighted by atomic mass is 16.6. The third kappa shape index (κ3) is 2.98. The summed E-state index contributed by atoms with van der Waals surface area (Å²) in [6, 6.07) is 21.5. The Morgan fingerprint density at radius 2 is 1.59 bits per heavy atom. The van der Waals surface area contributed by atoms with Crippen molar-refractivity contribution in [3.8, 4) is 29.1 Å². The molecule has 5 heteroatoms. The largest absolute Gasteiger partial charge is 0.493 e. The molecule has 0 saturated heterocycles. The number of nitrogens with zero attached hydrogens (tertiary/aromatic N) is 1. The number of carbonyl (C=O) groups is 1. The van der Waals surface area contributed by atoms with E-state index >= 15 is 0 Å². The molecular formula is C22H15NO4. The fraction of sp³-hybridized carbons (Fsp3) is 0.0909. The summed E-state index contributed by atoms with van der Waals surface area (Å²) in [5, 5.41) is 9.03. The van der Waals surface area contributed by atoms with Crippen LogP contribution in [-0.2, 0) is 4.79 Å². The molecule has 0 aliphatic carbocycles. The molecule has 0 N–H and O–H groups in total. The van der Waals surface area contributed by atoms with Crippen LogP contribution in [0.25, 0.3) is 0 Å². The summed E-state index contributed by atoms with van der Waals surface area (Å²) in [7, 11) is 1.47. The van der Waals surface area contributed by atoms with Gasteiger partial charge >= 0.3 is 5.97 Å². The first-order chi connectivity index (χ1) is 13.2. The molecule has 0 aromatic heterocycles. The lowest BCUT2D eigenvalue weighted by Gasteiger charge is -2.26. The number of benzene rings is 3. The van der Waals surface area contributed by atoms with Crippen LogP contribution < -0.4 is 14.2 Å². The van der Waals surface area contributed by atoms with Crippen LogP contribution >= 0.6 is 0 Å². The molecule has 0 radical (unpaired) electrons. The highest BCUT2D eigenvalue weighted by molar-refractivity contribution is 5.87. The van der Waals surface area contributed by atoms with Crippen molar-refractivity contribution in [3.05, 3.63) is 83.4 Å². The Hall–Kier alpha value is -3.78. The first kappa shape index (κ1) is 16.7. The van der Waals surface area contributed by atoms with E-state index in [1.54, 1.807) is 12.1 Å². The topological polar surface area (TPSA) is 68.5 Å². The molecule has 1 aliphatic rings. The van der Waals surface area contributed by atoms with Gasteiger partial charge in [0.05, 0.1) is 18.7 Å². The van der Waals surface area contributed by atoms with E-state index in [1.165, 1.54) is 13.2 Å². The molecule has 0 amide bonds. The van der Waals surface area contributed by atoms with Crippen molar-refractivity contribution in [1.29, 1.82) is 5.26 Å². The van der Waals surface area contributed by atoms with Crippen LogP contribution in [-0.4, -0.2) is 13.1 Å². The maximum absolute atomic E-state index is 13.1. The molecule has 3 aromatic carbocycles. The van der Waals surface area contributed by atoms with Gasteiger partial charge in [0.25, 0.3) is 0 Å². The zero-order chi connectivity index (χ0) is 18.8. The Bertz CT molecular complexity index is 1020. The van der Waals surface area contributed by atoms with Crippen LogP contribution in [0.3, 0.4) is 0 Å². The fourth-order valence-electron chi connectivity index (χ4n) is 3.15. The van der Waals surface area contributed by atoms with Gasteiger partial charge in [-0.15, -0.1) is 0 Å². The van der Waals surface area contributed by atoms with E-state index in [4.69, 9.17) is 19.5 Å². The second kappa shape index (κ2) is 6.85. The van der Waals surface area contributed by atoms with E-state index < -0.39 is 11.9 Å². The zero-order valence-electron chi connectivity index (χ0n) is 14.5. The first-order valence-corrected chi connectivity index (χ1v) is 8.37. The van der Waals surface area contributed by atoms with Crippen LogP contribution in [0, 0.1) is 11.3 Å². The van der Waals surface area contributed by atoms with Gasteiger partial charge < -0.3 is 14.2 Å². The molecule has 0 saturated carbocycles. The Kier molecular flexibility index (Phi) is 4.23. The normalized spacial score (nSPS) is 12.1. The SMILES string of the molecule is COc1cc(C#N)ccc1OC(=O)C1c2ccccc2Oc2ccccc21. The summed E-state index contributed by atoms with van der Waals surface area (Å²) in [5.41, 5.74) is 1.91. The van der Waals surface area contributed by atoms with Crippen LogP contribution in [0.15, 0.2) is 66.7 Å². The number of carbonyl (C=O) groups excluding carboxylic acids is 1. The van der Waals surface area contributed by atoms with Gasteiger partial charge in [0.1, 0.15) is 17.4 Å². The monoisotopic (exact) mass is 357 g/mol. The summed E-state index contributed by atoms with van der Waals surface area (Å²) < 4.78 is 16.8. The standard InChI is InChI=1S/C22H15NO4/c1-25-20-12-14(13-23)10-11-19(20)27-22(24)21-15-6-2-4-8-17(15)26-18-9-5-3-7-16(18)21/h2-12,21H,1H3. The van der Waals surface area contributed by atoms with E-state index in [2.05, 4.69) is 0 Å². The van der Waals surface area contributed by atoms with E-state index in [0.717, 1.165) is 11.1 Å². The lowest BCUT2D eigenvalue weighted by molar-refractivity contribution is -0.135. The zero-order valence-corrected chi connectivity index (χ0v) is 14.5. The second-order valence-corrected chi connectivity index (χ2v) is 6.01. The number of para-hydroxylation sites is 2. The predicted molar refractivity (Wildman–Crippen MR) is 98.1 cm³/mol. The van der Waals surface area contributed by atoms with E-state index in [-0.39, 0.29) is 5.75 Å². The van der Waals surface area contributed by atoms with Gasteiger partial charge in [0, 0.05) is 17.2 Å². The molecular weight excluding hydrogens is 342 g/mol. The van der Waals surface area contributed by atoms with Gasteiger partial charge in [0.15, 0.2) is 11.5 Å². The van der Waals surface area contributed by atoms with Gasteiger partial charge in [-0.2, -0.15) is 5.26 Å². The average molecular weight is 357 g/mol. The third-order valence-electron chi connectivity index (χ3n) is 4.42. The molecule has 0 unspecified atom stereocenters. The Morgan fingerprint density at radius 3 is 2.19 bits per heavy atom. The maximum Gasteiger partial charge on any atom is 0.323 e. The molecule has 132 valence electrons. The van der Waals surface area contributed by atoms with Crippen LogP contribution in [0.4, 0.5) is 0 Å². The highest BCUT2D eigenvalue weighted by Crippen LogP contribution is 2.44. The molecule has 1 heterocycles. The van der Waals surface area contributed by atoms with Crippen molar-refractivity contribution in [1.82, 2.24) is 0 Å². The van der Waals surface area contributed by atoms with Gasteiger partial charge in [-0.05, 0) is 24.3 Å². The molecule has 0 bridgehead atoms. The lowest BCUT2D eigenvalue weighted by Crippen LogP contribution is -2.23. The minimum Gasteiger partial charge on any atom is -0.493 e. The van der Waals surface area contributed by atoms with Crippen LogP contribution in [0.2, 0.25) is 0 Å². The fourth-order valence-corrected chi connectivity index (χ4v) is 3.15. The van der Waals surface area contributed by atoms with Gasteiger partial charge in [-0.1, -0.05) is 36.4 Å². The number of methoxy groups -OCH3 is 1. The molecule has 3 aromatic rings. The Morgan fingerprint density at radius 1 is 0.963 bits per heavy atom. The number of nitriles is 1. The smallest absolute Gasteiger partial charge is 0.323 e. The van der Waals surface area contributed by atoms with Crippen molar-refractivity contribution >= 4 is 5.97 Å². The number of hydrogen-bond donors (Lipinski definition) is 0. The molecule has 5 nitrogen and oxygen atoms in total. The molecule has 0 fully saturated rings. The molecule has 1 aliphatic heterocycles. The molecule has 4 rings (SSSR count). The number of fused-ring (bicyclic) bond motifs is 2. The minimum absolute atomic E-state index is 0.267. The quantitative estimate of drug-likeness (QED) is 0.513. The minimum atomic E-state index is -0.619. The molecule has 27 heavy (non-hydrogen) atoms. The van der Waals surface area contributed by atoms with Crippen LogP contribution in [0.5, 0.6) is 23.0 Å². The van der Waals surface area contributed by atoms with Crippen molar-refractivity contribution < 1.29 is 19.0 Å². The third-order valence-corrected chi connectivity index (χ3v) is 4.42. The van der Waals surface area contributed by atoms with Gasteiger partial charge in [-0.25, -0.2) is 0 Å². The van der Waals surface area contributed by atoms with Crippen molar-refractivity contribution in [2.24, 2.45) is 0 Å². The van der Waals surface area contributed by atoms with E-state index in [0.29, 0.717) is 22.8 Å². The van der Waals surface area contributed by atoms with Crippen molar-refractivity contribution in [3.63, 3.8) is 0 Å². The predicted octanol–water partition coefficient (Wildman–Crippen LogP) is 4.41. The number of rotatable bonds is 3. The van der Waals surface area contributed by atoms with E-state index in [9.17, 15) is 4.79 Å². The van der Waals surface area contributed by atoms with Crippen molar-refractivity contribution in [2.45, 2.75) is 5.92 Å². The van der Waals surface area contributed by atoms with Crippen LogP contribution in [0.1, 0.15) is 22.6 Å². The highest BCUT2D eigenvalue weighted by Gasteiger charge is 2.34. The number of hydrogen-bond acceptors (Lipinski definition) is 5. The van der Waals surface area contributed by atoms with E-state index in [1.807, 2.05) is 54.6 Å². The Balaban J connectivity index is 1.74. The first-order valence-electron chi connectivity index (χ1n) is 8.37. The molecule has 0 atom stereocenters. The number of esters is 1. The van der Waals surface area contributed by atoms with Crippen molar-refractivity contribution in [2.75, 3.05) is 7.11 Å².